The van der Waals surface area contributed by atoms with Crippen molar-refractivity contribution < 1.29 is 17.6 Å². The number of halogens is 1. The molecule has 1 fully saturated rings. The van der Waals surface area contributed by atoms with Gasteiger partial charge in [0.2, 0.25) is 15.9 Å². The summed E-state index contributed by atoms with van der Waals surface area (Å²) in [6.45, 7) is 4.56. The molecule has 1 aliphatic heterocycles. The summed E-state index contributed by atoms with van der Waals surface area (Å²) in [7, 11) is -4.00. The Labute approximate surface area is 198 Å². The second kappa shape index (κ2) is 10.4. The van der Waals surface area contributed by atoms with E-state index in [4.69, 9.17) is 5.73 Å². The third-order valence-corrected chi connectivity index (χ3v) is 7.25. The van der Waals surface area contributed by atoms with Gasteiger partial charge in [0.1, 0.15) is 5.82 Å². The van der Waals surface area contributed by atoms with Crippen LogP contribution in [0.5, 0.6) is 0 Å². The summed E-state index contributed by atoms with van der Waals surface area (Å²) >= 11 is 0. The average Bonchev–Trinajstić information content (AvgIpc) is 2.84. The number of hydrogen-bond acceptors (Lipinski definition) is 5. The van der Waals surface area contributed by atoms with Gasteiger partial charge in [-0.2, -0.15) is 0 Å². The van der Waals surface area contributed by atoms with Gasteiger partial charge in [-0.1, -0.05) is 36.4 Å². The zero-order chi connectivity index (χ0) is 24.1. The Morgan fingerprint density at radius 3 is 2.53 bits per heavy atom. The fourth-order valence-corrected chi connectivity index (χ4v) is 5.26. The predicted molar refractivity (Wildman–Crippen MR) is 129 cm³/mol. The van der Waals surface area contributed by atoms with Crippen LogP contribution in [0, 0.1) is 5.82 Å². The van der Waals surface area contributed by atoms with Crippen molar-refractivity contribution in [3.8, 4) is 11.1 Å². The molecule has 0 aromatic heterocycles. The molecule has 0 radical (unpaired) electrons. The molecule has 0 aliphatic carbocycles. The van der Waals surface area contributed by atoms with E-state index in [0.717, 1.165) is 43.9 Å². The molecule has 1 heterocycles. The Bertz CT molecular complexity index is 1290. The van der Waals surface area contributed by atoms with Crippen molar-refractivity contribution in [2.24, 2.45) is 5.73 Å². The molecule has 1 saturated heterocycles. The van der Waals surface area contributed by atoms with Crippen LogP contribution in [0.3, 0.4) is 0 Å². The molecule has 9 heteroatoms. The molecule has 0 saturated carbocycles. The third kappa shape index (κ3) is 5.68. The number of nitrogens with one attached hydrogen (secondary N) is 2. The van der Waals surface area contributed by atoms with Gasteiger partial charge in [0.05, 0.1) is 10.5 Å². The molecule has 178 valence electrons. The fourth-order valence-electron chi connectivity index (χ4n) is 4.03. The van der Waals surface area contributed by atoms with Crippen molar-refractivity contribution in [2.45, 2.75) is 18.0 Å². The van der Waals surface area contributed by atoms with Crippen LogP contribution >= 0.6 is 0 Å². The van der Waals surface area contributed by atoms with E-state index in [9.17, 15) is 17.6 Å². The maximum atomic E-state index is 14.7. The van der Waals surface area contributed by atoms with E-state index >= 15 is 0 Å². The molecule has 4 N–H and O–H groups in total. The first-order chi connectivity index (χ1) is 16.3. The molecule has 1 amide bonds. The summed E-state index contributed by atoms with van der Waals surface area (Å²) in [6.07, 6.45) is 0. The van der Waals surface area contributed by atoms with Gasteiger partial charge in [0, 0.05) is 44.8 Å². The van der Waals surface area contributed by atoms with E-state index in [0.29, 0.717) is 11.1 Å². The molecule has 3 aromatic carbocycles. The van der Waals surface area contributed by atoms with Crippen LogP contribution in [0.4, 0.5) is 4.39 Å². The quantitative estimate of drug-likeness (QED) is 0.458. The van der Waals surface area contributed by atoms with Crippen molar-refractivity contribution in [1.82, 2.24) is 14.9 Å². The summed E-state index contributed by atoms with van der Waals surface area (Å²) in [5.74, 6) is -1.21. The molecule has 3 aromatic rings. The van der Waals surface area contributed by atoms with Crippen LogP contribution in [0.2, 0.25) is 0 Å². The standard InChI is InChI=1S/C25H27FN4O3S/c26-23-9-8-18(16-29-34(32,33)24-7-2-1-6-21(24)25(27)31)15-22(23)20-5-3-4-19(14-20)17-30-12-10-28-11-13-30/h1-9,14-15,28-29H,10-13,16-17H2,(H2,27,31). The molecule has 34 heavy (non-hydrogen) atoms. The molecule has 0 unspecified atom stereocenters. The monoisotopic (exact) mass is 482 g/mol. The molecule has 0 atom stereocenters. The summed E-state index contributed by atoms with van der Waals surface area (Å²) in [4.78, 5) is 13.8. The number of piperazine rings is 1. The predicted octanol–water partition coefficient (Wildman–Crippen LogP) is 2.48. The summed E-state index contributed by atoms with van der Waals surface area (Å²) in [5, 5.41) is 3.33. The number of sulfonamides is 1. The van der Waals surface area contributed by atoms with E-state index in [1.54, 1.807) is 12.1 Å². The lowest BCUT2D eigenvalue weighted by Gasteiger charge is -2.27. The normalized spacial score (nSPS) is 14.7. The van der Waals surface area contributed by atoms with Crippen molar-refractivity contribution in [1.29, 1.82) is 0 Å². The average molecular weight is 483 g/mol. The second-order valence-electron chi connectivity index (χ2n) is 8.23. The van der Waals surface area contributed by atoms with Crippen LogP contribution in [0.25, 0.3) is 11.1 Å². The van der Waals surface area contributed by atoms with Gasteiger partial charge in [-0.05, 0) is 47.0 Å². The van der Waals surface area contributed by atoms with E-state index < -0.39 is 15.9 Å². The molecule has 0 bridgehead atoms. The maximum absolute atomic E-state index is 14.7. The minimum atomic E-state index is -4.00. The smallest absolute Gasteiger partial charge is 0.250 e. The molecule has 7 nitrogen and oxygen atoms in total. The minimum absolute atomic E-state index is 0.0663. The second-order valence-corrected chi connectivity index (χ2v) is 9.96. The summed E-state index contributed by atoms with van der Waals surface area (Å²) in [6, 6.07) is 18.0. The Morgan fingerprint density at radius 2 is 1.76 bits per heavy atom. The highest BCUT2D eigenvalue weighted by Crippen LogP contribution is 2.26. The Kier molecular flexibility index (Phi) is 7.38. The number of primary amides is 1. The SMILES string of the molecule is NC(=O)c1ccccc1S(=O)(=O)NCc1ccc(F)c(-c2cccc(CN3CCNCC3)c2)c1. The van der Waals surface area contributed by atoms with Gasteiger partial charge in [-0.3, -0.25) is 9.69 Å². The summed E-state index contributed by atoms with van der Waals surface area (Å²) < 4.78 is 42.8. The van der Waals surface area contributed by atoms with E-state index in [2.05, 4.69) is 14.9 Å². The third-order valence-electron chi connectivity index (χ3n) is 5.79. The van der Waals surface area contributed by atoms with Crippen LogP contribution < -0.4 is 15.8 Å². The number of carbonyl (C=O) groups excluding carboxylic acids is 1. The van der Waals surface area contributed by atoms with Crippen LogP contribution in [0.1, 0.15) is 21.5 Å². The molecule has 4 rings (SSSR count). The first-order valence-corrected chi connectivity index (χ1v) is 12.5. The highest BCUT2D eigenvalue weighted by Gasteiger charge is 2.21. The number of carbonyl (C=O) groups is 1. The van der Waals surface area contributed by atoms with Gasteiger partial charge in [-0.15, -0.1) is 0 Å². The van der Waals surface area contributed by atoms with Crippen molar-refractivity contribution in [3.63, 3.8) is 0 Å². The van der Waals surface area contributed by atoms with Crippen molar-refractivity contribution in [2.75, 3.05) is 26.2 Å². The van der Waals surface area contributed by atoms with Crippen molar-refractivity contribution >= 4 is 15.9 Å². The topological polar surface area (TPSA) is 105 Å². The molecule has 0 spiro atoms. The molecular formula is C25H27FN4O3S. The largest absolute Gasteiger partial charge is 0.366 e. The first kappa shape index (κ1) is 24.0. The number of hydrogen-bond donors (Lipinski definition) is 3. The van der Waals surface area contributed by atoms with Gasteiger partial charge < -0.3 is 11.1 Å². The van der Waals surface area contributed by atoms with Crippen LogP contribution in [-0.4, -0.2) is 45.4 Å². The van der Waals surface area contributed by atoms with Crippen LogP contribution in [-0.2, 0) is 23.1 Å². The highest BCUT2D eigenvalue weighted by atomic mass is 32.2. The highest BCUT2D eigenvalue weighted by molar-refractivity contribution is 7.89. The number of nitrogens with two attached hydrogens (primary N) is 1. The zero-order valence-corrected chi connectivity index (χ0v) is 19.4. The first-order valence-electron chi connectivity index (χ1n) is 11.0. The minimum Gasteiger partial charge on any atom is -0.366 e. The van der Waals surface area contributed by atoms with Gasteiger partial charge in [0.15, 0.2) is 0 Å². The van der Waals surface area contributed by atoms with Crippen molar-refractivity contribution in [3.05, 3.63) is 89.2 Å². The summed E-state index contributed by atoms with van der Waals surface area (Å²) in [5.41, 5.74) is 8.03. The van der Waals surface area contributed by atoms with Gasteiger partial charge in [-0.25, -0.2) is 17.5 Å². The lowest BCUT2D eigenvalue weighted by molar-refractivity contribution is 0.0997. The Morgan fingerprint density at radius 1 is 1.00 bits per heavy atom. The lowest BCUT2D eigenvalue weighted by atomic mass is 10.00. The molecular weight excluding hydrogens is 455 g/mol. The zero-order valence-electron chi connectivity index (χ0n) is 18.6. The lowest BCUT2D eigenvalue weighted by Crippen LogP contribution is -2.42. The Balaban J connectivity index is 1.53. The van der Waals surface area contributed by atoms with E-state index in [1.807, 2.05) is 24.3 Å². The van der Waals surface area contributed by atoms with Gasteiger partial charge >= 0.3 is 0 Å². The van der Waals surface area contributed by atoms with Gasteiger partial charge in [0.25, 0.3) is 0 Å². The maximum Gasteiger partial charge on any atom is 0.250 e. The van der Waals surface area contributed by atoms with E-state index in [1.165, 1.54) is 30.3 Å². The number of nitrogens with zero attached hydrogens (tertiary/aromatic N) is 1. The Hall–Kier alpha value is -3.11. The number of amides is 1. The van der Waals surface area contributed by atoms with Crippen LogP contribution in [0.15, 0.2) is 71.6 Å². The fraction of sp³-hybridized carbons (Fsp3) is 0.240. The number of benzene rings is 3. The number of rotatable bonds is 8. The molecule has 1 aliphatic rings. The van der Waals surface area contributed by atoms with E-state index in [-0.39, 0.29) is 22.8 Å².